The maximum Gasteiger partial charge on any atom is 0.419 e. The monoisotopic (exact) mass is 491 g/mol. The Hall–Kier alpha value is -2.95. The van der Waals surface area contributed by atoms with Gasteiger partial charge >= 0.3 is 5.76 Å². The molecule has 174 valence electrons. The molecule has 1 aliphatic rings. The van der Waals surface area contributed by atoms with Crippen molar-refractivity contribution in [2.45, 2.75) is 24.8 Å². The van der Waals surface area contributed by atoms with Crippen LogP contribution in [0.2, 0.25) is 5.02 Å². The zero-order valence-electron chi connectivity index (χ0n) is 17.9. The second-order valence-corrected chi connectivity index (χ2v) is 10.1. The van der Waals surface area contributed by atoms with E-state index in [1.54, 1.807) is 35.2 Å². The summed E-state index contributed by atoms with van der Waals surface area (Å²) in [5.74, 6) is -0.959. The summed E-state index contributed by atoms with van der Waals surface area (Å²) in [5.41, 5.74) is 1.24. The Morgan fingerprint density at radius 3 is 2.48 bits per heavy atom. The maximum absolute atomic E-state index is 13.0. The molecule has 4 rings (SSSR count). The Balaban J connectivity index is 1.38. The number of carbonyl (C=O) groups excluding carboxylic acids is 2. The number of nitrogens with zero attached hydrogens (tertiary/aromatic N) is 3. The van der Waals surface area contributed by atoms with E-state index in [0.29, 0.717) is 21.7 Å². The number of amides is 1. The van der Waals surface area contributed by atoms with Gasteiger partial charge < -0.3 is 9.32 Å². The number of hydrogen-bond donors (Lipinski definition) is 0. The fraction of sp³-hybridized carbons (Fsp3) is 0.318. The van der Waals surface area contributed by atoms with Crippen LogP contribution in [0, 0.1) is 0 Å². The first-order chi connectivity index (χ1) is 15.7. The number of ketones is 1. The molecular formula is C22H22ClN3O6S. The minimum Gasteiger partial charge on any atom is -0.408 e. The molecule has 0 saturated carbocycles. The van der Waals surface area contributed by atoms with Crippen molar-refractivity contribution in [1.82, 2.24) is 13.8 Å². The molecule has 0 unspecified atom stereocenters. The zero-order valence-corrected chi connectivity index (χ0v) is 19.4. The Morgan fingerprint density at radius 2 is 1.79 bits per heavy atom. The van der Waals surface area contributed by atoms with E-state index in [1.807, 2.05) is 0 Å². The molecule has 1 saturated heterocycles. The van der Waals surface area contributed by atoms with Crippen molar-refractivity contribution in [3.05, 3.63) is 63.6 Å². The number of rotatable bonds is 6. The quantitative estimate of drug-likeness (QED) is 0.489. The van der Waals surface area contributed by atoms with Crippen LogP contribution < -0.4 is 5.76 Å². The van der Waals surface area contributed by atoms with Crippen LogP contribution in [0.4, 0.5) is 0 Å². The third kappa shape index (κ3) is 4.73. The standard InChI is InChI=1S/C22H22ClN3O6S/c1-15(27)16-3-2-4-18(13-16)33(30,31)25-11-9-24(10-12-25)21(28)7-8-26-19-6-5-17(23)14-20(19)32-22(26)29/h2-6,13-14H,7-12H2,1H3. The Morgan fingerprint density at radius 1 is 1.06 bits per heavy atom. The topological polar surface area (TPSA) is 110 Å². The summed E-state index contributed by atoms with van der Waals surface area (Å²) >= 11 is 5.92. The average molecular weight is 492 g/mol. The molecule has 33 heavy (non-hydrogen) atoms. The van der Waals surface area contributed by atoms with E-state index in [-0.39, 0.29) is 55.7 Å². The van der Waals surface area contributed by atoms with Gasteiger partial charge in [-0.05, 0) is 31.2 Å². The minimum absolute atomic E-state index is 0.0568. The van der Waals surface area contributed by atoms with Gasteiger partial charge in [0.25, 0.3) is 0 Å². The largest absolute Gasteiger partial charge is 0.419 e. The van der Waals surface area contributed by atoms with Crippen molar-refractivity contribution < 1.29 is 22.4 Å². The summed E-state index contributed by atoms with van der Waals surface area (Å²) < 4.78 is 33.8. The Bertz CT molecular complexity index is 1390. The lowest BCUT2D eigenvalue weighted by molar-refractivity contribution is -0.132. The number of hydrogen-bond acceptors (Lipinski definition) is 6. The highest BCUT2D eigenvalue weighted by Crippen LogP contribution is 2.21. The first-order valence-electron chi connectivity index (χ1n) is 10.3. The summed E-state index contributed by atoms with van der Waals surface area (Å²) in [6.07, 6.45) is 0.0740. The van der Waals surface area contributed by atoms with Gasteiger partial charge in [-0.15, -0.1) is 0 Å². The third-order valence-electron chi connectivity index (χ3n) is 5.65. The fourth-order valence-electron chi connectivity index (χ4n) is 3.82. The molecule has 0 radical (unpaired) electrons. The highest BCUT2D eigenvalue weighted by molar-refractivity contribution is 7.89. The average Bonchev–Trinajstić information content (AvgIpc) is 3.11. The smallest absolute Gasteiger partial charge is 0.408 e. The van der Waals surface area contributed by atoms with E-state index in [4.69, 9.17) is 16.0 Å². The first-order valence-corrected chi connectivity index (χ1v) is 12.2. The van der Waals surface area contributed by atoms with Crippen LogP contribution in [0.3, 0.4) is 0 Å². The summed E-state index contributed by atoms with van der Waals surface area (Å²) in [4.78, 5) is 38.1. The van der Waals surface area contributed by atoms with Gasteiger partial charge in [0.05, 0.1) is 10.4 Å². The molecule has 0 N–H and O–H groups in total. The van der Waals surface area contributed by atoms with Crippen molar-refractivity contribution in [3.8, 4) is 0 Å². The summed E-state index contributed by atoms with van der Waals surface area (Å²) in [6, 6.07) is 10.8. The Labute approximate surface area is 195 Å². The molecular weight excluding hydrogens is 470 g/mol. The van der Waals surface area contributed by atoms with Crippen LogP contribution in [-0.2, 0) is 21.4 Å². The number of benzene rings is 2. The predicted octanol–water partition coefficient (Wildman–Crippen LogP) is 2.37. The summed E-state index contributed by atoms with van der Waals surface area (Å²) in [6.45, 7) is 2.29. The van der Waals surface area contributed by atoms with E-state index in [2.05, 4.69) is 0 Å². The maximum atomic E-state index is 13.0. The first kappa shape index (κ1) is 23.2. The number of fused-ring (bicyclic) bond motifs is 1. The third-order valence-corrected chi connectivity index (χ3v) is 7.78. The highest BCUT2D eigenvalue weighted by Gasteiger charge is 2.30. The van der Waals surface area contributed by atoms with Crippen molar-refractivity contribution in [2.75, 3.05) is 26.2 Å². The van der Waals surface area contributed by atoms with Crippen LogP contribution in [0.1, 0.15) is 23.7 Å². The van der Waals surface area contributed by atoms with Crippen LogP contribution in [0.25, 0.3) is 11.1 Å². The molecule has 0 spiro atoms. The molecule has 0 aliphatic carbocycles. The van der Waals surface area contributed by atoms with Crippen molar-refractivity contribution in [2.24, 2.45) is 0 Å². The van der Waals surface area contributed by atoms with E-state index in [0.717, 1.165) is 0 Å². The van der Waals surface area contributed by atoms with E-state index in [1.165, 1.54) is 27.9 Å². The number of piperazine rings is 1. The predicted molar refractivity (Wildman–Crippen MR) is 122 cm³/mol. The minimum atomic E-state index is -3.77. The second kappa shape index (κ2) is 9.12. The number of carbonyl (C=O) groups is 2. The lowest BCUT2D eigenvalue weighted by Gasteiger charge is -2.34. The normalized spacial score (nSPS) is 15.2. The van der Waals surface area contributed by atoms with E-state index < -0.39 is 15.8 Å². The van der Waals surface area contributed by atoms with E-state index in [9.17, 15) is 22.8 Å². The van der Waals surface area contributed by atoms with Gasteiger partial charge in [0.15, 0.2) is 11.4 Å². The molecule has 2 heterocycles. The van der Waals surface area contributed by atoms with Crippen molar-refractivity contribution >= 4 is 44.4 Å². The van der Waals surface area contributed by atoms with Gasteiger partial charge in [-0.25, -0.2) is 13.2 Å². The zero-order chi connectivity index (χ0) is 23.8. The van der Waals surface area contributed by atoms with Crippen molar-refractivity contribution in [1.29, 1.82) is 0 Å². The lowest BCUT2D eigenvalue weighted by Crippen LogP contribution is -2.50. The van der Waals surface area contributed by atoms with E-state index >= 15 is 0 Å². The molecule has 3 aromatic rings. The number of Topliss-reactive ketones (excluding diaryl/α,β-unsaturated/α-hetero) is 1. The molecule has 1 amide bonds. The molecule has 1 aliphatic heterocycles. The van der Waals surface area contributed by atoms with Crippen molar-refractivity contribution in [3.63, 3.8) is 0 Å². The number of aromatic nitrogens is 1. The van der Waals surface area contributed by atoms with Gasteiger partial charge in [-0.1, -0.05) is 23.7 Å². The van der Waals surface area contributed by atoms with Gasteiger partial charge in [0.2, 0.25) is 15.9 Å². The second-order valence-electron chi connectivity index (χ2n) is 7.75. The number of oxazole rings is 1. The molecule has 2 aromatic carbocycles. The van der Waals surface area contributed by atoms with Crippen LogP contribution >= 0.6 is 11.6 Å². The molecule has 1 fully saturated rings. The SMILES string of the molecule is CC(=O)c1cccc(S(=O)(=O)N2CCN(C(=O)CCn3c(=O)oc4cc(Cl)ccc43)CC2)c1. The Kier molecular flexibility index (Phi) is 6.42. The molecule has 0 atom stereocenters. The van der Waals surface area contributed by atoms with Gasteiger partial charge in [-0.2, -0.15) is 4.31 Å². The fourth-order valence-corrected chi connectivity index (χ4v) is 5.45. The summed E-state index contributed by atoms with van der Waals surface area (Å²) in [5, 5.41) is 0.445. The summed E-state index contributed by atoms with van der Waals surface area (Å²) in [7, 11) is -3.77. The molecule has 1 aromatic heterocycles. The molecule has 11 heteroatoms. The van der Waals surface area contributed by atoms with Gasteiger partial charge in [0, 0.05) is 55.8 Å². The van der Waals surface area contributed by atoms with Crippen LogP contribution in [0.5, 0.6) is 0 Å². The van der Waals surface area contributed by atoms with Crippen LogP contribution in [0.15, 0.2) is 56.6 Å². The number of sulfonamides is 1. The van der Waals surface area contributed by atoms with Crippen LogP contribution in [-0.4, -0.2) is 60.1 Å². The lowest BCUT2D eigenvalue weighted by atomic mass is 10.2. The van der Waals surface area contributed by atoms with Gasteiger partial charge in [0.1, 0.15) is 0 Å². The molecule has 9 nitrogen and oxygen atoms in total. The highest BCUT2D eigenvalue weighted by atomic mass is 35.5. The number of aryl methyl sites for hydroxylation is 1. The number of halogens is 1. The molecule has 0 bridgehead atoms. The van der Waals surface area contributed by atoms with Gasteiger partial charge in [-0.3, -0.25) is 14.2 Å².